The number of hydrogen-bond donors (Lipinski definition) is 0. The number of ether oxygens (including phenoxy) is 2. The molecule has 0 saturated carbocycles. The molecule has 0 spiro atoms. The maximum Gasteiger partial charge on any atom is 0.325 e. The Labute approximate surface area is 179 Å². The van der Waals surface area contributed by atoms with E-state index in [2.05, 4.69) is 4.98 Å². The minimum atomic E-state index is -0.493. The highest BCUT2D eigenvalue weighted by Crippen LogP contribution is 2.17. The summed E-state index contributed by atoms with van der Waals surface area (Å²) in [4.78, 5) is 30.5. The van der Waals surface area contributed by atoms with Gasteiger partial charge < -0.3 is 18.9 Å². The predicted octanol–water partition coefficient (Wildman–Crippen LogP) is 3.47. The molecule has 3 rings (SSSR count). The van der Waals surface area contributed by atoms with Gasteiger partial charge in [0.05, 0.1) is 7.11 Å². The van der Waals surface area contributed by atoms with Crippen LogP contribution in [0.25, 0.3) is 0 Å². The number of esters is 1. The van der Waals surface area contributed by atoms with E-state index in [0.717, 1.165) is 11.4 Å². The summed E-state index contributed by atoms with van der Waals surface area (Å²) in [7, 11) is 3.19. The van der Waals surface area contributed by atoms with E-state index in [1.807, 2.05) is 29.9 Å². The summed E-state index contributed by atoms with van der Waals surface area (Å²) in [5.41, 5.74) is 1.30. The van der Waals surface area contributed by atoms with Gasteiger partial charge in [-0.1, -0.05) is 23.7 Å². The summed E-state index contributed by atoms with van der Waals surface area (Å²) in [6.07, 6.45) is 3.55. The lowest BCUT2D eigenvalue weighted by Crippen LogP contribution is -2.35. The van der Waals surface area contributed by atoms with E-state index in [1.54, 1.807) is 42.6 Å². The van der Waals surface area contributed by atoms with E-state index in [9.17, 15) is 9.59 Å². The molecule has 156 valence electrons. The Morgan fingerprint density at radius 3 is 2.40 bits per heavy atom. The van der Waals surface area contributed by atoms with Gasteiger partial charge in [-0.15, -0.1) is 0 Å². The topological polar surface area (TPSA) is 73.7 Å². The fraction of sp³-hybridized carbons (Fsp3) is 0.227. The van der Waals surface area contributed by atoms with E-state index >= 15 is 0 Å². The first-order valence-corrected chi connectivity index (χ1v) is 9.63. The molecule has 0 fully saturated rings. The molecule has 0 saturated heterocycles. The lowest BCUT2D eigenvalue weighted by atomic mass is 10.1. The molecule has 1 aromatic heterocycles. The van der Waals surface area contributed by atoms with Crippen LogP contribution in [0.4, 0.5) is 0 Å². The average Bonchev–Trinajstić information content (AvgIpc) is 3.17. The fourth-order valence-electron chi connectivity index (χ4n) is 2.79. The lowest BCUT2D eigenvalue weighted by Gasteiger charge is -2.22. The normalized spacial score (nSPS) is 10.5. The zero-order valence-electron chi connectivity index (χ0n) is 16.7. The van der Waals surface area contributed by atoms with Crippen molar-refractivity contribution >= 4 is 23.5 Å². The average molecular weight is 428 g/mol. The van der Waals surface area contributed by atoms with E-state index < -0.39 is 5.97 Å². The van der Waals surface area contributed by atoms with Crippen molar-refractivity contribution in [2.24, 2.45) is 7.05 Å². The molecule has 3 aromatic rings. The monoisotopic (exact) mass is 427 g/mol. The Bertz CT molecular complexity index is 1000. The summed E-state index contributed by atoms with van der Waals surface area (Å²) in [6.45, 7) is 0.416. The number of benzene rings is 2. The molecule has 7 nitrogen and oxygen atoms in total. The van der Waals surface area contributed by atoms with E-state index in [-0.39, 0.29) is 19.0 Å². The molecule has 0 N–H and O–H groups in total. The maximum atomic E-state index is 13.0. The van der Waals surface area contributed by atoms with Crippen LogP contribution in [-0.2, 0) is 29.7 Å². The predicted molar refractivity (Wildman–Crippen MR) is 112 cm³/mol. The highest BCUT2D eigenvalue weighted by Gasteiger charge is 2.20. The number of carbonyl (C=O) groups excluding carboxylic acids is 2. The van der Waals surface area contributed by atoms with Crippen LogP contribution < -0.4 is 4.74 Å². The Morgan fingerprint density at radius 2 is 1.80 bits per heavy atom. The third kappa shape index (κ3) is 5.61. The van der Waals surface area contributed by atoms with Crippen molar-refractivity contribution in [2.45, 2.75) is 13.2 Å². The van der Waals surface area contributed by atoms with Gasteiger partial charge in [-0.05, 0) is 42.0 Å². The molecule has 0 radical (unpaired) electrons. The van der Waals surface area contributed by atoms with Crippen molar-refractivity contribution in [3.8, 4) is 5.75 Å². The van der Waals surface area contributed by atoms with Gasteiger partial charge in [-0.25, -0.2) is 4.98 Å². The second-order valence-corrected chi connectivity index (χ2v) is 7.07. The van der Waals surface area contributed by atoms with Crippen molar-refractivity contribution < 1.29 is 19.1 Å². The molecule has 1 amide bonds. The van der Waals surface area contributed by atoms with Crippen LogP contribution in [0, 0.1) is 0 Å². The minimum absolute atomic E-state index is 0.157. The summed E-state index contributed by atoms with van der Waals surface area (Å²) in [5, 5.41) is 0.603. The lowest BCUT2D eigenvalue weighted by molar-refractivity contribution is -0.141. The number of nitrogens with zero attached hydrogens (tertiary/aromatic N) is 3. The van der Waals surface area contributed by atoms with Gasteiger partial charge in [0.1, 0.15) is 24.7 Å². The van der Waals surface area contributed by atoms with Gasteiger partial charge in [0.25, 0.3) is 5.91 Å². The van der Waals surface area contributed by atoms with Crippen LogP contribution in [-0.4, -0.2) is 40.0 Å². The molecule has 0 aliphatic heterocycles. The first-order valence-electron chi connectivity index (χ1n) is 9.26. The van der Waals surface area contributed by atoms with Crippen LogP contribution in [0.2, 0.25) is 5.02 Å². The van der Waals surface area contributed by atoms with Gasteiger partial charge in [-0.2, -0.15) is 0 Å². The number of aromatic nitrogens is 2. The summed E-state index contributed by atoms with van der Waals surface area (Å²) in [6, 6.07) is 13.9. The molecule has 1 heterocycles. The smallest absolute Gasteiger partial charge is 0.325 e. The first kappa shape index (κ1) is 21.4. The van der Waals surface area contributed by atoms with Gasteiger partial charge in [0.2, 0.25) is 0 Å². The Hall–Kier alpha value is -3.32. The quantitative estimate of drug-likeness (QED) is 0.515. The number of imidazole rings is 1. The molecular weight excluding hydrogens is 406 g/mol. The molecular formula is C22H22ClN3O4. The molecule has 0 aliphatic rings. The first-order chi connectivity index (χ1) is 14.5. The number of aryl methyl sites for hydroxylation is 1. The number of carbonyl (C=O) groups is 2. The van der Waals surface area contributed by atoms with E-state index in [4.69, 9.17) is 21.1 Å². The zero-order chi connectivity index (χ0) is 21.5. The van der Waals surface area contributed by atoms with Crippen molar-refractivity contribution in [2.75, 3.05) is 13.7 Å². The molecule has 8 heteroatoms. The fourth-order valence-corrected chi connectivity index (χ4v) is 2.92. The number of hydrogen-bond acceptors (Lipinski definition) is 5. The third-order valence-corrected chi connectivity index (χ3v) is 4.76. The Balaban J connectivity index is 1.70. The van der Waals surface area contributed by atoms with Crippen molar-refractivity contribution in [3.63, 3.8) is 0 Å². The van der Waals surface area contributed by atoms with Crippen LogP contribution in [0.5, 0.6) is 5.75 Å². The van der Waals surface area contributed by atoms with E-state index in [1.165, 1.54) is 12.0 Å². The van der Waals surface area contributed by atoms with Crippen LogP contribution in [0.15, 0.2) is 60.9 Å². The largest absolute Gasteiger partial charge is 0.486 e. The molecule has 0 unspecified atom stereocenters. The van der Waals surface area contributed by atoms with E-state index in [0.29, 0.717) is 22.9 Å². The van der Waals surface area contributed by atoms with Gasteiger partial charge >= 0.3 is 5.97 Å². The maximum absolute atomic E-state index is 13.0. The van der Waals surface area contributed by atoms with Crippen LogP contribution >= 0.6 is 11.6 Å². The second-order valence-electron chi connectivity index (χ2n) is 6.63. The molecule has 0 bridgehead atoms. The van der Waals surface area contributed by atoms with Gasteiger partial charge in [0, 0.05) is 36.6 Å². The van der Waals surface area contributed by atoms with Crippen molar-refractivity contribution in [1.82, 2.24) is 14.5 Å². The summed E-state index contributed by atoms with van der Waals surface area (Å²) < 4.78 is 12.3. The highest BCUT2D eigenvalue weighted by molar-refractivity contribution is 6.30. The Kier molecular flexibility index (Phi) is 7.08. The number of rotatable bonds is 8. The molecule has 2 aromatic carbocycles. The van der Waals surface area contributed by atoms with Crippen molar-refractivity contribution in [3.05, 3.63) is 82.9 Å². The number of halogens is 1. The van der Waals surface area contributed by atoms with Gasteiger partial charge in [-0.3, -0.25) is 9.59 Å². The van der Waals surface area contributed by atoms with Gasteiger partial charge in [0.15, 0.2) is 0 Å². The third-order valence-electron chi connectivity index (χ3n) is 4.51. The zero-order valence-corrected chi connectivity index (χ0v) is 17.5. The Morgan fingerprint density at radius 1 is 1.10 bits per heavy atom. The van der Waals surface area contributed by atoms with Crippen LogP contribution in [0.3, 0.4) is 0 Å². The summed E-state index contributed by atoms with van der Waals surface area (Å²) in [5.74, 6) is 0.632. The van der Waals surface area contributed by atoms with Crippen LogP contribution in [0.1, 0.15) is 21.7 Å². The number of amides is 1. The standard InChI is InChI=1S/C22H22ClN3O4/c1-25-12-11-24-20(25)15-30-19-9-5-17(6-10-19)22(28)26(14-21(27)29-2)13-16-3-7-18(23)8-4-16/h3-12H,13-15H2,1-2H3. The highest BCUT2D eigenvalue weighted by atomic mass is 35.5. The molecule has 0 atom stereocenters. The molecule has 0 aliphatic carbocycles. The van der Waals surface area contributed by atoms with Crippen molar-refractivity contribution in [1.29, 1.82) is 0 Å². The summed E-state index contributed by atoms with van der Waals surface area (Å²) >= 11 is 5.92. The molecule has 30 heavy (non-hydrogen) atoms. The number of methoxy groups -OCH3 is 1. The SMILES string of the molecule is COC(=O)CN(Cc1ccc(Cl)cc1)C(=O)c1ccc(OCc2nccn2C)cc1. The minimum Gasteiger partial charge on any atom is -0.486 e. The second kappa shape index (κ2) is 9.93.